The Bertz CT molecular complexity index is 913. The molecular weight excluding hydrogens is 326 g/mol. The molecule has 1 aromatic carbocycles. The summed E-state index contributed by atoms with van der Waals surface area (Å²) in [6.45, 7) is 2.00. The molecule has 0 bridgehead atoms. The van der Waals surface area contributed by atoms with Gasteiger partial charge >= 0.3 is 0 Å². The van der Waals surface area contributed by atoms with Crippen LogP contribution >= 0.6 is 0 Å². The van der Waals surface area contributed by atoms with Gasteiger partial charge in [-0.05, 0) is 25.8 Å². The van der Waals surface area contributed by atoms with E-state index in [0.717, 1.165) is 29.8 Å². The molecule has 0 atom stereocenters. The third-order valence-corrected chi connectivity index (χ3v) is 4.95. The van der Waals surface area contributed by atoms with Gasteiger partial charge in [0, 0.05) is 5.56 Å². The number of rotatable bonds is 4. The SMILES string of the molecule is Cc1c(NC(=O)c2cnnc(-c3ccccc3)c2)cnn1C1CCCC1. The number of carbonyl (C=O) groups is 1. The second kappa shape index (κ2) is 7.07. The standard InChI is InChI=1S/C20H21N5O/c1-14-19(13-22-25(14)17-9-5-6-10-17)23-20(26)16-11-18(24-21-12-16)15-7-3-2-4-8-15/h2-4,7-8,11-13,17H,5-6,9-10H2,1H3,(H,23,26). The van der Waals surface area contributed by atoms with E-state index in [2.05, 4.69) is 20.6 Å². The molecule has 4 rings (SSSR count). The highest BCUT2D eigenvalue weighted by Gasteiger charge is 2.21. The van der Waals surface area contributed by atoms with Crippen molar-refractivity contribution in [2.75, 3.05) is 5.32 Å². The van der Waals surface area contributed by atoms with Gasteiger partial charge in [-0.2, -0.15) is 15.3 Å². The number of nitrogens with one attached hydrogen (secondary N) is 1. The average molecular weight is 347 g/mol. The predicted molar refractivity (Wildman–Crippen MR) is 99.9 cm³/mol. The largest absolute Gasteiger partial charge is 0.319 e. The highest BCUT2D eigenvalue weighted by molar-refractivity contribution is 6.04. The van der Waals surface area contributed by atoms with Crippen LogP contribution in [0.5, 0.6) is 0 Å². The van der Waals surface area contributed by atoms with E-state index < -0.39 is 0 Å². The number of benzene rings is 1. The zero-order chi connectivity index (χ0) is 17.9. The Hall–Kier alpha value is -3.02. The summed E-state index contributed by atoms with van der Waals surface area (Å²) in [6.07, 6.45) is 8.03. The van der Waals surface area contributed by atoms with Crippen LogP contribution in [0.3, 0.4) is 0 Å². The normalized spacial score (nSPS) is 14.5. The van der Waals surface area contributed by atoms with Crippen LogP contribution in [0.1, 0.15) is 47.8 Å². The van der Waals surface area contributed by atoms with Crippen LogP contribution in [0.2, 0.25) is 0 Å². The van der Waals surface area contributed by atoms with E-state index in [0.29, 0.717) is 17.3 Å². The number of aromatic nitrogens is 4. The first-order chi connectivity index (χ1) is 12.7. The number of anilines is 1. The molecule has 0 radical (unpaired) electrons. The van der Waals surface area contributed by atoms with Crippen molar-refractivity contribution < 1.29 is 4.79 Å². The van der Waals surface area contributed by atoms with Crippen molar-refractivity contribution in [3.63, 3.8) is 0 Å². The van der Waals surface area contributed by atoms with Crippen molar-refractivity contribution in [1.29, 1.82) is 0 Å². The average Bonchev–Trinajstić information content (AvgIpc) is 3.33. The highest BCUT2D eigenvalue weighted by atomic mass is 16.1. The summed E-state index contributed by atoms with van der Waals surface area (Å²) in [5, 5.41) is 15.6. The van der Waals surface area contributed by atoms with Crippen molar-refractivity contribution in [2.24, 2.45) is 0 Å². The Kier molecular flexibility index (Phi) is 4.48. The molecule has 1 N–H and O–H groups in total. The molecule has 2 aromatic heterocycles. The minimum absolute atomic E-state index is 0.203. The van der Waals surface area contributed by atoms with Gasteiger partial charge < -0.3 is 5.32 Å². The smallest absolute Gasteiger partial charge is 0.257 e. The molecule has 0 saturated heterocycles. The fourth-order valence-electron chi connectivity index (χ4n) is 3.50. The van der Waals surface area contributed by atoms with Gasteiger partial charge in [0.15, 0.2) is 0 Å². The lowest BCUT2D eigenvalue weighted by Crippen LogP contribution is -2.14. The van der Waals surface area contributed by atoms with Gasteiger partial charge in [0.1, 0.15) is 0 Å². The maximum Gasteiger partial charge on any atom is 0.257 e. The molecule has 6 heteroatoms. The first-order valence-electron chi connectivity index (χ1n) is 8.96. The summed E-state index contributed by atoms with van der Waals surface area (Å²) < 4.78 is 2.04. The number of hydrogen-bond donors (Lipinski definition) is 1. The van der Waals surface area contributed by atoms with Crippen LogP contribution < -0.4 is 5.32 Å². The highest BCUT2D eigenvalue weighted by Crippen LogP contribution is 2.31. The quantitative estimate of drug-likeness (QED) is 0.774. The summed E-state index contributed by atoms with van der Waals surface area (Å²) in [7, 11) is 0. The third kappa shape index (κ3) is 3.22. The third-order valence-electron chi connectivity index (χ3n) is 4.95. The number of amides is 1. The molecule has 1 aliphatic rings. The van der Waals surface area contributed by atoms with E-state index in [1.165, 1.54) is 19.0 Å². The van der Waals surface area contributed by atoms with Crippen molar-refractivity contribution >= 4 is 11.6 Å². The maximum atomic E-state index is 12.7. The Morgan fingerprint density at radius 2 is 1.92 bits per heavy atom. The minimum Gasteiger partial charge on any atom is -0.319 e. The molecule has 3 aromatic rings. The van der Waals surface area contributed by atoms with Crippen LogP contribution in [-0.2, 0) is 0 Å². The molecular formula is C20H21N5O. The van der Waals surface area contributed by atoms with E-state index >= 15 is 0 Å². The second-order valence-electron chi connectivity index (χ2n) is 6.68. The zero-order valence-corrected chi connectivity index (χ0v) is 14.7. The molecule has 0 unspecified atom stereocenters. The molecule has 0 aliphatic heterocycles. The van der Waals surface area contributed by atoms with Gasteiger partial charge in [-0.3, -0.25) is 9.48 Å². The van der Waals surface area contributed by atoms with Crippen LogP contribution in [-0.4, -0.2) is 25.9 Å². The van der Waals surface area contributed by atoms with E-state index in [1.807, 2.05) is 41.9 Å². The molecule has 0 spiro atoms. The topological polar surface area (TPSA) is 72.7 Å². The first kappa shape index (κ1) is 16.4. The van der Waals surface area contributed by atoms with Crippen LogP contribution in [0.4, 0.5) is 5.69 Å². The number of hydrogen-bond acceptors (Lipinski definition) is 4. The van der Waals surface area contributed by atoms with Gasteiger partial charge in [-0.15, -0.1) is 0 Å². The fourth-order valence-corrected chi connectivity index (χ4v) is 3.50. The Labute approximate surface area is 152 Å². The molecule has 132 valence electrons. The molecule has 1 amide bonds. The lowest BCUT2D eigenvalue weighted by Gasteiger charge is -2.12. The van der Waals surface area contributed by atoms with E-state index in [9.17, 15) is 4.79 Å². The number of carbonyl (C=O) groups excluding carboxylic acids is 1. The van der Waals surface area contributed by atoms with E-state index in [1.54, 1.807) is 12.3 Å². The second-order valence-corrected chi connectivity index (χ2v) is 6.68. The summed E-state index contributed by atoms with van der Waals surface area (Å²) in [5.41, 5.74) is 3.83. The van der Waals surface area contributed by atoms with Gasteiger partial charge in [0.25, 0.3) is 5.91 Å². The van der Waals surface area contributed by atoms with Gasteiger partial charge in [-0.1, -0.05) is 43.2 Å². The van der Waals surface area contributed by atoms with Crippen molar-refractivity contribution in [3.8, 4) is 11.3 Å². The van der Waals surface area contributed by atoms with Crippen molar-refractivity contribution in [3.05, 3.63) is 60.0 Å². The Balaban J connectivity index is 1.54. The van der Waals surface area contributed by atoms with Gasteiger partial charge in [-0.25, -0.2) is 0 Å². The molecule has 26 heavy (non-hydrogen) atoms. The van der Waals surface area contributed by atoms with Crippen molar-refractivity contribution in [1.82, 2.24) is 20.0 Å². The van der Waals surface area contributed by atoms with Crippen LogP contribution in [0.25, 0.3) is 11.3 Å². The molecule has 1 aliphatic carbocycles. The number of nitrogens with zero attached hydrogens (tertiary/aromatic N) is 4. The summed E-state index contributed by atoms with van der Waals surface area (Å²) in [5.74, 6) is -0.203. The monoisotopic (exact) mass is 347 g/mol. The summed E-state index contributed by atoms with van der Waals surface area (Å²) in [6, 6.07) is 11.9. The summed E-state index contributed by atoms with van der Waals surface area (Å²) >= 11 is 0. The van der Waals surface area contributed by atoms with Crippen LogP contribution in [0.15, 0.2) is 48.8 Å². The Morgan fingerprint density at radius 1 is 1.15 bits per heavy atom. The lowest BCUT2D eigenvalue weighted by atomic mass is 10.1. The molecule has 2 heterocycles. The predicted octanol–water partition coefficient (Wildman–Crippen LogP) is 4.02. The zero-order valence-electron chi connectivity index (χ0n) is 14.7. The minimum atomic E-state index is -0.203. The van der Waals surface area contributed by atoms with E-state index in [4.69, 9.17) is 0 Å². The van der Waals surface area contributed by atoms with Gasteiger partial charge in [0.05, 0.1) is 41.1 Å². The van der Waals surface area contributed by atoms with Gasteiger partial charge in [0.2, 0.25) is 0 Å². The first-order valence-corrected chi connectivity index (χ1v) is 8.96. The fraction of sp³-hybridized carbons (Fsp3) is 0.300. The maximum absolute atomic E-state index is 12.7. The lowest BCUT2D eigenvalue weighted by molar-refractivity contribution is 0.102. The molecule has 1 saturated carbocycles. The van der Waals surface area contributed by atoms with E-state index in [-0.39, 0.29) is 5.91 Å². The molecule has 1 fully saturated rings. The summed E-state index contributed by atoms with van der Waals surface area (Å²) in [4.78, 5) is 12.7. The molecule has 6 nitrogen and oxygen atoms in total. The van der Waals surface area contributed by atoms with Crippen LogP contribution in [0, 0.1) is 6.92 Å². The van der Waals surface area contributed by atoms with Crippen molar-refractivity contribution in [2.45, 2.75) is 38.6 Å². The Morgan fingerprint density at radius 3 is 2.69 bits per heavy atom.